The fourth-order valence-electron chi connectivity index (χ4n) is 3.93. The summed E-state index contributed by atoms with van der Waals surface area (Å²) in [6.45, 7) is 7.52. The van der Waals surface area contributed by atoms with Crippen LogP contribution in [0.4, 0.5) is 0 Å². The number of methoxy groups -OCH3 is 1. The SMILES string of the molecule is COc1cc(CNC(=O)[C@H]2CC3(CCNCC3)CN2)ccc1OC(C)C. The van der Waals surface area contributed by atoms with Gasteiger partial charge in [0.1, 0.15) is 0 Å². The lowest BCUT2D eigenvalue weighted by Gasteiger charge is -2.33. The Kier molecular flexibility index (Phi) is 6.04. The molecule has 144 valence electrons. The van der Waals surface area contributed by atoms with E-state index < -0.39 is 0 Å². The number of hydrogen-bond donors (Lipinski definition) is 3. The molecule has 0 saturated carbocycles. The van der Waals surface area contributed by atoms with E-state index >= 15 is 0 Å². The number of carbonyl (C=O) groups excluding carboxylic acids is 1. The largest absolute Gasteiger partial charge is 0.493 e. The highest BCUT2D eigenvalue weighted by Crippen LogP contribution is 2.37. The third-order valence-corrected chi connectivity index (χ3v) is 5.40. The van der Waals surface area contributed by atoms with E-state index in [0.717, 1.165) is 50.2 Å². The maximum Gasteiger partial charge on any atom is 0.237 e. The topological polar surface area (TPSA) is 71.6 Å². The first-order chi connectivity index (χ1) is 12.5. The molecule has 6 nitrogen and oxygen atoms in total. The van der Waals surface area contributed by atoms with Gasteiger partial charge in [0, 0.05) is 13.1 Å². The Morgan fingerprint density at radius 1 is 1.31 bits per heavy atom. The van der Waals surface area contributed by atoms with Crippen LogP contribution in [-0.4, -0.2) is 44.8 Å². The van der Waals surface area contributed by atoms with Gasteiger partial charge in [0.05, 0.1) is 19.3 Å². The van der Waals surface area contributed by atoms with Gasteiger partial charge < -0.3 is 25.4 Å². The molecule has 1 aromatic rings. The lowest BCUT2D eigenvalue weighted by Crippen LogP contribution is -2.40. The average molecular weight is 361 g/mol. The molecule has 0 radical (unpaired) electrons. The zero-order valence-electron chi connectivity index (χ0n) is 16.1. The lowest BCUT2D eigenvalue weighted by atomic mass is 9.77. The van der Waals surface area contributed by atoms with Crippen LogP contribution in [0, 0.1) is 5.41 Å². The first kappa shape index (κ1) is 19.0. The Balaban J connectivity index is 1.54. The Hall–Kier alpha value is -1.79. The average Bonchev–Trinajstić information content (AvgIpc) is 3.04. The zero-order chi connectivity index (χ0) is 18.6. The number of ether oxygens (including phenoxy) is 2. The van der Waals surface area contributed by atoms with Gasteiger partial charge >= 0.3 is 0 Å². The zero-order valence-corrected chi connectivity index (χ0v) is 16.1. The van der Waals surface area contributed by atoms with Gasteiger partial charge in [0.2, 0.25) is 5.91 Å². The summed E-state index contributed by atoms with van der Waals surface area (Å²) in [7, 11) is 1.63. The smallest absolute Gasteiger partial charge is 0.237 e. The number of rotatable bonds is 6. The van der Waals surface area contributed by atoms with Crippen molar-refractivity contribution in [3.63, 3.8) is 0 Å². The molecule has 2 aliphatic heterocycles. The summed E-state index contributed by atoms with van der Waals surface area (Å²) in [5, 5.41) is 9.89. The van der Waals surface area contributed by atoms with Crippen molar-refractivity contribution in [3.8, 4) is 11.5 Å². The van der Waals surface area contributed by atoms with Gasteiger partial charge in [-0.05, 0) is 69.3 Å². The van der Waals surface area contributed by atoms with Crippen LogP contribution in [0.5, 0.6) is 11.5 Å². The molecule has 1 amide bonds. The second-order valence-electron chi connectivity index (χ2n) is 7.76. The molecule has 3 N–H and O–H groups in total. The van der Waals surface area contributed by atoms with Crippen molar-refractivity contribution in [2.45, 2.75) is 51.8 Å². The normalized spacial score (nSPS) is 21.8. The molecule has 1 aromatic carbocycles. The number of piperidine rings is 1. The van der Waals surface area contributed by atoms with E-state index in [4.69, 9.17) is 9.47 Å². The van der Waals surface area contributed by atoms with Gasteiger partial charge in [-0.15, -0.1) is 0 Å². The van der Waals surface area contributed by atoms with Crippen molar-refractivity contribution < 1.29 is 14.3 Å². The molecule has 2 saturated heterocycles. The number of benzene rings is 1. The van der Waals surface area contributed by atoms with Gasteiger partial charge in [-0.1, -0.05) is 6.07 Å². The van der Waals surface area contributed by atoms with Gasteiger partial charge in [0.25, 0.3) is 0 Å². The van der Waals surface area contributed by atoms with Crippen molar-refractivity contribution in [2.24, 2.45) is 5.41 Å². The summed E-state index contributed by atoms with van der Waals surface area (Å²) in [6, 6.07) is 5.71. The van der Waals surface area contributed by atoms with Crippen LogP contribution < -0.4 is 25.4 Å². The minimum absolute atomic E-state index is 0.0847. The van der Waals surface area contributed by atoms with E-state index in [1.807, 2.05) is 32.0 Å². The molecule has 6 heteroatoms. The second kappa shape index (κ2) is 8.27. The summed E-state index contributed by atoms with van der Waals surface area (Å²) in [4.78, 5) is 12.6. The Labute approximate surface area is 156 Å². The Morgan fingerprint density at radius 2 is 2.08 bits per heavy atom. The van der Waals surface area contributed by atoms with E-state index in [2.05, 4.69) is 16.0 Å². The maximum absolute atomic E-state index is 12.6. The molecule has 1 spiro atoms. The van der Waals surface area contributed by atoms with Gasteiger partial charge in [-0.3, -0.25) is 4.79 Å². The van der Waals surface area contributed by atoms with Crippen molar-refractivity contribution in [1.29, 1.82) is 0 Å². The molecule has 1 atom stereocenters. The number of nitrogens with one attached hydrogen (secondary N) is 3. The van der Waals surface area contributed by atoms with Gasteiger partial charge in [-0.2, -0.15) is 0 Å². The predicted octanol–water partition coefficient (Wildman–Crippen LogP) is 1.83. The van der Waals surface area contributed by atoms with Crippen molar-refractivity contribution in [3.05, 3.63) is 23.8 Å². The number of amides is 1. The molecule has 0 aromatic heterocycles. The van der Waals surface area contributed by atoms with Crippen LogP contribution in [-0.2, 0) is 11.3 Å². The van der Waals surface area contributed by atoms with Gasteiger partial charge in [0.15, 0.2) is 11.5 Å². The van der Waals surface area contributed by atoms with Crippen molar-refractivity contribution in [1.82, 2.24) is 16.0 Å². The fourth-order valence-corrected chi connectivity index (χ4v) is 3.93. The van der Waals surface area contributed by atoms with Crippen molar-refractivity contribution >= 4 is 5.91 Å². The second-order valence-corrected chi connectivity index (χ2v) is 7.76. The third-order valence-electron chi connectivity index (χ3n) is 5.40. The van der Waals surface area contributed by atoms with Crippen LogP contribution in [0.15, 0.2) is 18.2 Å². The molecule has 2 fully saturated rings. The highest BCUT2D eigenvalue weighted by atomic mass is 16.5. The maximum atomic E-state index is 12.6. The Morgan fingerprint density at radius 3 is 2.77 bits per heavy atom. The molecular formula is C20H31N3O3. The quantitative estimate of drug-likeness (QED) is 0.721. The van der Waals surface area contributed by atoms with Crippen LogP contribution in [0.25, 0.3) is 0 Å². The predicted molar refractivity (Wildman–Crippen MR) is 102 cm³/mol. The van der Waals surface area contributed by atoms with Crippen LogP contribution in [0.3, 0.4) is 0 Å². The molecular weight excluding hydrogens is 330 g/mol. The van der Waals surface area contributed by atoms with Gasteiger partial charge in [-0.25, -0.2) is 0 Å². The lowest BCUT2D eigenvalue weighted by molar-refractivity contribution is -0.123. The van der Waals surface area contributed by atoms with E-state index in [0.29, 0.717) is 17.7 Å². The molecule has 0 aliphatic carbocycles. The van der Waals surface area contributed by atoms with Crippen LogP contribution in [0.2, 0.25) is 0 Å². The number of carbonyl (C=O) groups is 1. The van der Waals surface area contributed by atoms with Crippen LogP contribution >= 0.6 is 0 Å². The summed E-state index contributed by atoms with van der Waals surface area (Å²) in [5.41, 5.74) is 1.30. The highest BCUT2D eigenvalue weighted by molar-refractivity contribution is 5.82. The molecule has 3 rings (SSSR count). The summed E-state index contributed by atoms with van der Waals surface area (Å²) >= 11 is 0. The minimum Gasteiger partial charge on any atom is -0.493 e. The first-order valence-corrected chi connectivity index (χ1v) is 9.57. The van der Waals surface area contributed by atoms with E-state index in [1.165, 1.54) is 0 Å². The monoisotopic (exact) mass is 361 g/mol. The van der Waals surface area contributed by atoms with E-state index in [-0.39, 0.29) is 18.1 Å². The highest BCUT2D eigenvalue weighted by Gasteiger charge is 2.41. The Bertz CT molecular complexity index is 627. The molecule has 26 heavy (non-hydrogen) atoms. The summed E-state index contributed by atoms with van der Waals surface area (Å²) in [5.74, 6) is 1.50. The van der Waals surface area contributed by atoms with E-state index in [1.54, 1.807) is 7.11 Å². The molecule has 0 bridgehead atoms. The molecule has 2 aliphatic rings. The summed E-state index contributed by atoms with van der Waals surface area (Å²) in [6.07, 6.45) is 3.33. The number of hydrogen-bond acceptors (Lipinski definition) is 5. The standard InChI is InChI=1S/C20H31N3O3/c1-14(2)26-17-5-4-15(10-18(17)25-3)12-22-19(24)16-11-20(13-23-16)6-8-21-9-7-20/h4-5,10,14,16,21,23H,6-9,11-13H2,1-3H3,(H,22,24)/t16-/m1/s1. The molecule has 0 unspecified atom stereocenters. The van der Waals surface area contributed by atoms with E-state index in [9.17, 15) is 4.79 Å². The summed E-state index contributed by atoms with van der Waals surface area (Å²) < 4.78 is 11.1. The first-order valence-electron chi connectivity index (χ1n) is 9.57. The minimum atomic E-state index is -0.0847. The van der Waals surface area contributed by atoms with Crippen LogP contribution in [0.1, 0.15) is 38.7 Å². The van der Waals surface area contributed by atoms with Crippen molar-refractivity contribution in [2.75, 3.05) is 26.7 Å². The third kappa shape index (κ3) is 4.48. The molecule has 2 heterocycles. The fraction of sp³-hybridized carbons (Fsp3) is 0.650.